The van der Waals surface area contributed by atoms with E-state index in [1.807, 2.05) is 24.3 Å². The summed E-state index contributed by atoms with van der Waals surface area (Å²) in [6, 6.07) is 13.0. The van der Waals surface area contributed by atoms with E-state index in [9.17, 15) is 18.5 Å². The van der Waals surface area contributed by atoms with Crippen molar-refractivity contribution in [3.05, 3.63) is 63.7 Å². The second kappa shape index (κ2) is 6.99. The van der Waals surface area contributed by atoms with Gasteiger partial charge in [-0.3, -0.25) is 10.1 Å². The summed E-state index contributed by atoms with van der Waals surface area (Å²) in [6.45, 7) is 0.833. The van der Waals surface area contributed by atoms with E-state index in [1.54, 1.807) is 11.3 Å². The Labute approximate surface area is 160 Å². The number of para-hydroxylation sites is 1. The quantitative estimate of drug-likeness (QED) is 0.488. The number of hydrogen-bond donors (Lipinski definition) is 0. The summed E-state index contributed by atoms with van der Waals surface area (Å²) in [5, 5.41) is 11.8. The first-order valence-electron chi connectivity index (χ1n) is 8.55. The van der Waals surface area contributed by atoms with Crippen molar-refractivity contribution in [2.45, 2.75) is 23.7 Å². The number of non-ortho nitro benzene ring substituents is 1. The third kappa shape index (κ3) is 3.45. The van der Waals surface area contributed by atoms with E-state index in [0.717, 1.165) is 15.2 Å². The molecular formula is C18H17N3O4S2. The maximum atomic E-state index is 12.8. The highest BCUT2D eigenvalue weighted by Crippen LogP contribution is 2.35. The molecule has 9 heteroatoms. The highest BCUT2D eigenvalue weighted by Gasteiger charge is 2.31. The molecule has 4 rings (SSSR count). The number of hydrogen-bond acceptors (Lipinski definition) is 6. The monoisotopic (exact) mass is 403 g/mol. The normalized spacial score (nSPS) is 16.6. The number of fused-ring (bicyclic) bond motifs is 1. The zero-order valence-electron chi connectivity index (χ0n) is 14.3. The summed E-state index contributed by atoms with van der Waals surface area (Å²) in [5.41, 5.74) is 0.863. The van der Waals surface area contributed by atoms with E-state index < -0.39 is 14.9 Å². The Morgan fingerprint density at radius 3 is 2.37 bits per heavy atom. The molecule has 1 fully saturated rings. The Kier molecular flexibility index (Phi) is 4.67. The maximum absolute atomic E-state index is 12.8. The molecule has 0 N–H and O–H groups in total. The van der Waals surface area contributed by atoms with Gasteiger partial charge in [-0.2, -0.15) is 4.31 Å². The largest absolute Gasteiger partial charge is 0.269 e. The van der Waals surface area contributed by atoms with Crippen LogP contribution in [0.25, 0.3) is 10.2 Å². The highest BCUT2D eigenvalue weighted by molar-refractivity contribution is 7.89. The molecule has 27 heavy (non-hydrogen) atoms. The molecule has 0 radical (unpaired) electrons. The molecule has 140 valence electrons. The minimum absolute atomic E-state index is 0.0894. The predicted molar refractivity (Wildman–Crippen MR) is 103 cm³/mol. The van der Waals surface area contributed by atoms with Crippen LogP contribution >= 0.6 is 11.3 Å². The van der Waals surface area contributed by atoms with Gasteiger partial charge in [0.25, 0.3) is 5.69 Å². The number of nitro benzene ring substituents is 1. The summed E-state index contributed by atoms with van der Waals surface area (Å²) >= 11 is 1.67. The van der Waals surface area contributed by atoms with Gasteiger partial charge in [0.1, 0.15) is 0 Å². The summed E-state index contributed by atoms with van der Waals surface area (Å²) in [4.78, 5) is 15.0. The molecule has 0 atom stereocenters. The molecule has 7 nitrogen and oxygen atoms in total. The lowest BCUT2D eigenvalue weighted by Crippen LogP contribution is -2.37. The van der Waals surface area contributed by atoms with Crippen LogP contribution in [0.4, 0.5) is 5.69 Å². The SMILES string of the molecule is O=[N+]([O-])c1ccc(S(=O)(=O)N2CCC(c3nc4ccccc4s3)CC2)cc1. The lowest BCUT2D eigenvalue weighted by molar-refractivity contribution is -0.384. The first kappa shape index (κ1) is 18.0. The minimum Gasteiger partial charge on any atom is -0.258 e. The lowest BCUT2D eigenvalue weighted by Gasteiger charge is -2.30. The van der Waals surface area contributed by atoms with Gasteiger partial charge in [0, 0.05) is 31.1 Å². The van der Waals surface area contributed by atoms with Crippen LogP contribution < -0.4 is 0 Å². The van der Waals surface area contributed by atoms with Gasteiger partial charge in [-0.15, -0.1) is 11.3 Å². The third-order valence-corrected chi connectivity index (χ3v) is 7.91. The van der Waals surface area contributed by atoms with Crippen molar-refractivity contribution in [1.82, 2.24) is 9.29 Å². The molecule has 1 aliphatic rings. The molecule has 0 saturated carbocycles. The number of aromatic nitrogens is 1. The summed E-state index contributed by atoms with van der Waals surface area (Å²) in [7, 11) is -3.64. The van der Waals surface area contributed by atoms with Crippen molar-refractivity contribution >= 4 is 37.3 Å². The zero-order chi connectivity index (χ0) is 19.0. The van der Waals surface area contributed by atoms with E-state index in [-0.39, 0.29) is 16.5 Å². The number of nitro groups is 1. The number of rotatable bonds is 4. The van der Waals surface area contributed by atoms with Crippen molar-refractivity contribution in [1.29, 1.82) is 0 Å². The van der Waals surface area contributed by atoms with E-state index in [4.69, 9.17) is 4.98 Å². The first-order chi connectivity index (χ1) is 12.9. The van der Waals surface area contributed by atoms with E-state index in [0.29, 0.717) is 25.9 Å². The zero-order valence-corrected chi connectivity index (χ0v) is 15.9. The van der Waals surface area contributed by atoms with Gasteiger partial charge in [0.05, 0.1) is 25.0 Å². The Balaban J connectivity index is 1.48. The molecule has 0 aliphatic carbocycles. The molecule has 1 saturated heterocycles. The number of benzene rings is 2. The van der Waals surface area contributed by atoms with Crippen LogP contribution in [-0.2, 0) is 10.0 Å². The molecule has 1 aromatic heterocycles. The van der Waals surface area contributed by atoms with E-state index >= 15 is 0 Å². The van der Waals surface area contributed by atoms with Gasteiger partial charge in [-0.05, 0) is 37.1 Å². The Hall–Kier alpha value is -2.36. The van der Waals surface area contributed by atoms with Crippen molar-refractivity contribution in [3.8, 4) is 0 Å². The predicted octanol–water partition coefficient (Wildman–Crippen LogP) is 3.77. The van der Waals surface area contributed by atoms with Gasteiger partial charge in [0.15, 0.2) is 0 Å². The van der Waals surface area contributed by atoms with Gasteiger partial charge >= 0.3 is 0 Å². The van der Waals surface area contributed by atoms with Crippen LogP contribution in [0.15, 0.2) is 53.4 Å². The highest BCUT2D eigenvalue weighted by atomic mass is 32.2. The second-order valence-corrected chi connectivity index (χ2v) is 9.45. The number of piperidine rings is 1. The average molecular weight is 403 g/mol. The van der Waals surface area contributed by atoms with Crippen LogP contribution in [0.2, 0.25) is 0 Å². The molecule has 0 spiro atoms. The number of thiazole rings is 1. The summed E-state index contributed by atoms with van der Waals surface area (Å²) in [6.07, 6.45) is 1.43. The van der Waals surface area contributed by atoms with Crippen molar-refractivity contribution in [2.24, 2.45) is 0 Å². The second-order valence-electron chi connectivity index (χ2n) is 6.45. The smallest absolute Gasteiger partial charge is 0.258 e. The lowest BCUT2D eigenvalue weighted by atomic mass is 9.99. The molecule has 0 bridgehead atoms. The number of nitrogens with zero attached hydrogens (tertiary/aromatic N) is 3. The van der Waals surface area contributed by atoms with Gasteiger partial charge < -0.3 is 0 Å². The fraction of sp³-hybridized carbons (Fsp3) is 0.278. The van der Waals surface area contributed by atoms with Crippen LogP contribution in [-0.4, -0.2) is 35.7 Å². The third-order valence-electron chi connectivity index (χ3n) is 4.80. The fourth-order valence-electron chi connectivity index (χ4n) is 3.30. The summed E-state index contributed by atoms with van der Waals surface area (Å²) < 4.78 is 28.2. The molecule has 0 unspecified atom stereocenters. The molecular weight excluding hydrogens is 386 g/mol. The molecule has 3 aromatic rings. The molecule has 2 heterocycles. The average Bonchev–Trinajstić information content (AvgIpc) is 3.12. The molecule has 0 amide bonds. The Bertz CT molecular complexity index is 1050. The fourth-order valence-corrected chi connectivity index (χ4v) is 5.90. The Morgan fingerprint density at radius 2 is 1.74 bits per heavy atom. The van der Waals surface area contributed by atoms with Crippen LogP contribution in [0.1, 0.15) is 23.8 Å². The summed E-state index contributed by atoms with van der Waals surface area (Å²) in [5.74, 6) is 0.255. The maximum Gasteiger partial charge on any atom is 0.269 e. The van der Waals surface area contributed by atoms with Gasteiger partial charge in [-0.25, -0.2) is 13.4 Å². The molecule has 2 aromatic carbocycles. The van der Waals surface area contributed by atoms with Gasteiger partial charge in [-0.1, -0.05) is 12.1 Å². The van der Waals surface area contributed by atoms with Crippen LogP contribution in [0.5, 0.6) is 0 Å². The number of sulfonamides is 1. The molecule has 1 aliphatic heterocycles. The minimum atomic E-state index is -3.64. The first-order valence-corrected chi connectivity index (χ1v) is 10.8. The topological polar surface area (TPSA) is 93.4 Å². The Morgan fingerprint density at radius 1 is 1.07 bits per heavy atom. The van der Waals surface area contributed by atoms with Crippen molar-refractivity contribution < 1.29 is 13.3 Å². The van der Waals surface area contributed by atoms with Gasteiger partial charge in [0.2, 0.25) is 10.0 Å². The standard InChI is InChI=1S/C18H17N3O4S2/c22-21(23)14-5-7-15(8-6-14)27(24,25)20-11-9-13(10-12-20)18-19-16-3-1-2-4-17(16)26-18/h1-8,13H,9-12H2. The van der Waals surface area contributed by atoms with E-state index in [2.05, 4.69) is 0 Å². The van der Waals surface area contributed by atoms with Crippen molar-refractivity contribution in [2.75, 3.05) is 13.1 Å². The van der Waals surface area contributed by atoms with Crippen molar-refractivity contribution in [3.63, 3.8) is 0 Å². The van der Waals surface area contributed by atoms with Crippen LogP contribution in [0, 0.1) is 10.1 Å². The van der Waals surface area contributed by atoms with E-state index in [1.165, 1.54) is 28.6 Å². The van der Waals surface area contributed by atoms with Crippen LogP contribution in [0.3, 0.4) is 0 Å².